The normalized spacial score (nSPS) is 19.1. The molecule has 2 unspecified atom stereocenters. The summed E-state index contributed by atoms with van der Waals surface area (Å²) in [6.07, 6.45) is 0.247. The van der Waals surface area contributed by atoms with Gasteiger partial charge in [-0.05, 0) is 36.7 Å². The standard InChI is InChI=1S/C17H28BN3O3/c1-16(2,10-17(3,4)20)14(19)15(22)21-9-13-11-7-5-6-8-12(11)18(23)24-13/h5-8,13-14,23H,9-10,19-20H2,1-4H3,(H,21,22). The molecule has 0 saturated carbocycles. The molecule has 1 aliphatic heterocycles. The van der Waals surface area contributed by atoms with Gasteiger partial charge in [0.05, 0.1) is 12.1 Å². The lowest BCUT2D eigenvalue weighted by atomic mass is 9.75. The second kappa shape index (κ2) is 6.84. The van der Waals surface area contributed by atoms with Crippen LogP contribution in [0, 0.1) is 5.41 Å². The van der Waals surface area contributed by atoms with Gasteiger partial charge >= 0.3 is 7.12 Å². The van der Waals surface area contributed by atoms with Gasteiger partial charge in [-0.3, -0.25) is 4.79 Å². The van der Waals surface area contributed by atoms with Crippen molar-refractivity contribution in [3.8, 4) is 0 Å². The average Bonchev–Trinajstić information content (AvgIpc) is 2.78. The van der Waals surface area contributed by atoms with Crippen LogP contribution in [-0.2, 0) is 9.45 Å². The molecule has 1 aromatic rings. The lowest BCUT2D eigenvalue weighted by Crippen LogP contribution is -2.53. The van der Waals surface area contributed by atoms with Crippen molar-refractivity contribution < 1.29 is 14.5 Å². The van der Waals surface area contributed by atoms with E-state index < -0.39 is 24.1 Å². The molecule has 1 amide bonds. The minimum atomic E-state index is -0.953. The van der Waals surface area contributed by atoms with Crippen LogP contribution in [0.1, 0.15) is 45.8 Å². The number of nitrogens with two attached hydrogens (primary N) is 2. The van der Waals surface area contributed by atoms with Crippen molar-refractivity contribution in [2.24, 2.45) is 16.9 Å². The zero-order valence-electron chi connectivity index (χ0n) is 14.9. The number of nitrogens with one attached hydrogen (secondary N) is 1. The number of hydrogen-bond donors (Lipinski definition) is 4. The summed E-state index contributed by atoms with van der Waals surface area (Å²) in [6, 6.07) is 6.76. The molecule has 6 N–H and O–H groups in total. The lowest BCUT2D eigenvalue weighted by molar-refractivity contribution is -0.125. The molecule has 0 fully saturated rings. The van der Waals surface area contributed by atoms with E-state index in [0.717, 1.165) is 11.0 Å². The summed E-state index contributed by atoms with van der Waals surface area (Å²) in [6.45, 7) is 7.99. The second-order valence-corrected chi connectivity index (χ2v) is 7.98. The molecule has 24 heavy (non-hydrogen) atoms. The van der Waals surface area contributed by atoms with Gasteiger partial charge in [0, 0.05) is 12.1 Å². The first-order chi connectivity index (χ1) is 11.0. The molecule has 0 spiro atoms. The van der Waals surface area contributed by atoms with E-state index in [0.29, 0.717) is 6.42 Å². The highest BCUT2D eigenvalue weighted by Gasteiger charge is 2.38. The van der Waals surface area contributed by atoms with Crippen molar-refractivity contribution in [2.75, 3.05) is 6.54 Å². The van der Waals surface area contributed by atoms with Gasteiger partial charge in [0.25, 0.3) is 0 Å². The monoisotopic (exact) mass is 333 g/mol. The van der Waals surface area contributed by atoms with Crippen LogP contribution in [0.4, 0.5) is 0 Å². The van der Waals surface area contributed by atoms with Crippen LogP contribution < -0.4 is 22.2 Å². The summed E-state index contributed by atoms with van der Waals surface area (Å²) in [5.74, 6) is -0.244. The highest BCUT2D eigenvalue weighted by Crippen LogP contribution is 2.29. The first-order valence-electron chi connectivity index (χ1n) is 8.26. The van der Waals surface area contributed by atoms with Crippen LogP contribution in [0.2, 0.25) is 0 Å². The summed E-state index contributed by atoms with van der Waals surface area (Å²) in [5.41, 5.74) is 13.0. The van der Waals surface area contributed by atoms with E-state index >= 15 is 0 Å². The second-order valence-electron chi connectivity index (χ2n) is 7.98. The van der Waals surface area contributed by atoms with E-state index in [9.17, 15) is 9.82 Å². The summed E-state index contributed by atoms with van der Waals surface area (Å²) < 4.78 is 5.51. The van der Waals surface area contributed by atoms with Gasteiger partial charge in [-0.15, -0.1) is 0 Å². The largest absolute Gasteiger partial charge is 0.492 e. The molecule has 0 aliphatic carbocycles. The van der Waals surface area contributed by atoms with Gasteiger partial charge in [0.2, 0.25) is 5.91 Å². The van der Waals surface area contributed by atoms with Crippen LogP contribution >= 0.6 is 0 Å². The van der Waals surface area contributed by atoms with Crippen LogP contribution in [0.5, 0.6) is 0 Å². The molecule has 1 aromatic carbocycles. The molecule has 2 rings (SSSR count). The fourth-order valence-corrected chi connectivity index (χ4v) is 3.43. The van der Waals surface area contributed by atoms with Crippen LogP contribution in [0.25, 0.3) is 0 Å². The number of amides is 1. The fraction of sp³-hybridized carbons (Fsp3) is 0.588. The summed E-state index contributed by atoms with van der Waals surface area (Å²) in [7, 11) is -0.953. The van der Waals surface area contributed by atoms with E-state index in [-0.39, 0.29) is 18.6 Å². The lowest BCUT2D eigenvalue weighted by Gasteiger charge is -2.36. The predicted molar refractivity (Wildman–Crippen MR) is 95.5 cm³/mol. The SMILES string of the molecule is CC(C)(N)CC(C)(C)C(N)C(=O)NCC1OB(O)c2ccccc21. The van der Waals surface area contributed by atoms with Gasteiger partial charge in [-0.2, -0.15) is 0 Å². The van der Waals surface area contributed by atoms with Crippen molar-refractivity contribution in [3.63, 3.8) is 0 Å². The Labute approximate surface area is 144 Å². The summed E-state index contributed by atoms with van der Waals surface area (Å²) in [5, 5.41) is 12.7. The Hall–Kier alpha value is -1.41. The van der Waals surface area contributed by atoms with Crippen molar-refractivity contribution in [1.82, 2.24) is 5.32 Å². The van der Waals surface area contributed by atoms with Crippen LogP contribution in [0.15, 0.2) is 24.3 Å². The number of carbonyl (C=O) groups excluding carboxylic acids is 1. The van der Waals surface area contributed by atoms with Crippen LogP contribution in [-0.4, -0.2) is 36.2 Å². The van der Waals surface area contributed by atoms with E-state index in [2.05, 4.69) is 5.32 Å². The number of rotatable bonds is 6. The maximum absolute atomic E-state index is 12.4. The molecule has 7 heteroatoms. The quantitative estimate of drug-likeness (QED) is 0.550. The molecule has 6 nitrogen and oxygen atoms in total. The van der Waals surface area contributed by atoms with Crippen LogP contribution in [0.3, 0.4) is 0 Å². The van der Waals surface area contributed by atoms with Gasteiger partial charge in [-0.1, -0.05) is 38.1 Å². The van der Waals surface area contributed by atoms with E-state index in [1.165, 1.54) is 0 Å². The van der Waals surface area contributed by atoms with Crippen molar-refractivity contribution >= 4 is 18.5 Å². The third-order valence-electron chi connectivity index (χ3n) is 4.40. The Morgan fingerprint density at radius 2 is 2.00 bits per heavy atom. The zero-order valence-corrected chi connectivity index (χ0v) is 14.9. The maximum Gasteiger partial charge on any atom is 0.492 e. The van der Waals surface area contributed by atoms with E-state index in [1.54, 1.807) is 0 Å². The van der Waals surface area contributed by atoms with Gasteiger partial charge in [0.1, 0.15) is 0 Å². The molecular weight excluding hydrogens is 305 g/mol. The number of fused-ring (bicyclic) bond motifs is 1. The molecule has 1 heterocycles. The first kappa shape index (κ1) is 18.9. The van der Waals surface area contributed by atoms with Crippen molar-refractivity contribution in [1.29, 1.82) is 0 Å². The highest BCUT2D eigenvalue weighted by atomic mass is 16.5. The average molecular weight is 333 g/mol. The van der Waals surface area contributed by atoms with E-state index in [1.807, 2.05) is 52.0 Å². The predicted octanol–water partition coefficient (Wildman–Crippen LogP) is 0.0425. The van der Waals surface area contributed by atoms with Gasteiger partial charge in [-0.25, -0.2) is 0 Å². The maximum atomic E-state index is 12.4. The molecule has 0 radical (unpaired) electrons. The number of carbonyl (C=O) groups is 1. The Bertz CT molecular complexity index is 601. The first-order valence-corrected chi connectivity index (χ1v) is 8.26. The third kappa shape index (κ3) is 4.36. The Morgan fingerprint density at radius 3 is 2.62 bits per heavy atom. The molecule has 132 valence electrons. The fourth-order valence-electron chi connectivity index (χ4n) is 3.43. The number of hydrogen-bond acceptors (Lipinski definition) is 5. The van der Waals surface area contributed by atoms with Crippen molar-refractivity contribution in [2.45, 2.75) is 51.8 Å². The number of benzene rings is 1. The smallest absolute Gasteiger partial charge is 0.423 e. The molecular formula is C17H28BN3O3. The minimum Gasteiger partial charge on any atom is -0.423 e. The topological polar surface area (TPSA) is 111 Å². The Balaban J connectivity index is 1.96. The van der Waals surface area contributed by atoms with E-state index in [4.69, 9.17) is 16.1 Å². The van der Waals surface area contributed by atoms with Crippen molar-refractivity contribution in [3.05, 3.63) is 29.8 Å². The van der Waals surface area contributed by atoms with Gasteiger partial charge < -0.3 is 26.5 Å². The summed E-state index contributed by atoms with van der Waals surface area (Å²) >= 11 is 0. The molecule has 1 aliphatic rings. The zero-order chi connectivity index (χ0) is 18.1. The Morgan fingerprint density at radius 1 is 1.38 bits per heavy atom. The molecule has 0 saturated heterocycles. The van der Waals surface area contributed by atoms with Gasteiger partial charge in [0.15, 0.2) is 0 Å². The molecule has 0 aromatic heterocycles. The minimum absolute atomic E-state index is 0.244. The third-order valence-corrected chi connectivity index (χ3v) is 4.40. The highest BCUT2D eigenvalue weighted by molar-refractivity contribution is 6.61. The Kier molecular flexibility index (Phi) is 5.39. The molecule has 2 atom stereocenters. The summed E-state index contributed by atoms with van der Waals surface area (Å²) in [4.78, 5) is 12.4. The molecule has 0 bridgehead atoms.